The third kappa shape index (κ3) is 32.6. The van der Waals surface area contributed by atoms with Crippen LogP contribution < -0.4 is 5.32 Å². The van der Waals surface area contributed by atoms with Crippen molar-refractivity contribution in [1.82, 2.24) is 5.32 Å². The zero-order valence-corrected chi connectivity index (χ0v) is 30.8. The van der Waals surface area contributed by atoms with Gasteiger partial charge in [0.15, 0.2) is 0 Å². The summed E-state index contributed by atoms with van der Waals surface area (Å²) in [5.74, 6) is -1.65. The Morgan fingerprint density at radius 2 is 1.02 bits per heavy atom. The van der Waals surface area contributed by atoms with Crippen molar-refractivity contribution >= 4 is 16.0 Å². The second kappa shape index (κ2) is 32.8. The molecule has 8 heteroatoms. The van der Waals surface area contributed by atoms with Crippen LogP contribution in [0.2, 0.25) is 0 Å². The Hall–Kier alpha value is -1.74. The number of carbonyl (C=O) groups is 1. The summed E-state index contributed by atoms with van der Waals surface area (Å²) in [6.07, 6.45) is 40.5. The maximum absolute atomic E-state index is 12.5. The van der Waals surface area contributed by atoms with E-state index in [-0.39, 0.29) is 6.42 Å². The maximum atomic E-state index is 12.5. The third-order valence-electron chi connectivity index (χ3n) is 8.35. The van der Waals surface area contributed by atoms with Gasteiger partial charge in [0.2, 0.25) is 5.91 Å². The molecular weight excluding hydrogens is 610 g/mol. The highest BCUT2D eigenvalue weighted by molar-refractivity contribution is 7.85. The molecule has 0 aromatic rings. The molecule has 0 saturated heterocycles. The van der Waals surface area contributed by atoms with Crippen molar-refractivity contribution in [1.29, 1.82) is 0 Å². The lowest BCUT2D eigenvalue weighted by molar-refractivity contribution is -0.130. The van der Waals surface area contributed by atoms with Crippen molar-refractivity contribution in [3.8, 4) is 0 Å². The Kier molecular flexibility index (Phi) is 31.6. The molecule has 47 heavy (non-hydrogen) atoms. The normalized spacial score (nSPS) is 14.6. The van der Waals surface area contributed by atoms with Gasteiger partial charge in [-0.1, -0.05) is 165 Å². The van der Waals surface area contributed by atoms with Gasteiger partial charge in [0, 0.05) is 6.42 Å². The van der Waals surface area contributed by atoms with Crippen molar-refractivity contribution in [2.24, 2.45) is 0 Å². The maximum Gasteiger partial charge on any atom is 0.267 e. The van der Waals surface area contributed by atoms with Gasteiger partial charge in [-0.05, 0) is 44.9 Å². The van der Waals surface area contributed by atoms with Crippen LogP contribution >= 0.6 is 0 Å². The number of amides is 1. The van der Waals surface area contributed by atoms with E-state index in [4.69, 9.17) is 0 Å². The second-order valence-electron chi connectivity index (χ2n) is 13.0. The average Bonchev–Trinajstić information content (AvgIpc) is 3.03. The number of aliphatic hydroxyl groups is 2. The predicted octanol–water partition coefficient (Wildman–Crippen LogP) is 9.71. The number of hydrogen-bond donors (Lipinski definition) is 4. The van der Waals surface area contributed by atoms with E-state index in [1.807, 2.05) is 6.08 Å². The number of allylic oxidation sites excluding steroid dienone is 6. The minimum Gasteiger partial charge on any atom is -0.387 e. The van der Waals surface area contributed by atoms with E-state index >= 15 is 0 Å². The highest BCUT2D eigenvalue weighted by Gasteiger charge is 2.27. The van der Waals surface area contributed by atoms with Crippen LogP contribution in [0.15, 0.2) is 48.6 Å². The predicted molar refractivity (Wildman–Crippen MR) is 199 cm³/mol. The summed E-state index contributed by atoms with van der Waals surface area (Å²) in [5.41, 5.74) is 0. The first-order valence-electron chi connectivity index (χ1n) is 18.9. The molecule has 0 saturated carbocycles. The number of carbonyl (C=O) groups excluding carboxylic acids is 1. The minimum absolute atomic E-state index is 0.0627. The van der Waals surface area contributed by atoms with Crippen LogP contribution in [0.1, 0.15) is 168 Å². The van der Waals surface area contributed by atoms with Gasteiger partial charge in [-0.15, -0.1) is 0 Å². The fraction of sp³-hybridized carbons (Fsp3) is 0.769. The second-order valence-corrected chi connectivity index (χ2v) is 14.5. The van der Waals surface area contributed by atoms with Crippen molar-refractivity contribution in [3.05, 3.63) is 48.6 Å². The lowest BCUT2D eigenvalue weighted by Gasteiger charge is -2.22. The van der Waals surface area contributed by atoms with Gasteiger partial charge >= 0.3 is 0 Å². The molecule has 0 radical (unpaired) electrons. The van der Waals surface area contributed by atoms with Gasteiger partial charge in [0.05, 0.1) is 17.9 Å². The fourth-order valence-corrected chi connectivity index (χ4v) is 6.13. The fourth-order valence-electron chi connectivity index (χ4n) is 5.40. The first-order chi connectivity index (χ1) is 22.7. The Balaban J connectivity index is 4.23. The molecule has 3 unspecified atom stereocenters. The summed E-state index contributed by atoms with van der Waals surface area (Å²) in [6, 6.07) is -1.28. The topological polar surface area (TPSA) is 124 Å². The summed E-state index contributed by atoms with van der Waals surface area (Å²) in [4.78, 5) is 12.5. The SMILES string of the molecule is CCCCCCCC/C=C\C/C=C\CC(O)C(=O)NC(CS(=O)(=O)O)C(O)/C=C/CC/C=C/CCCCCCCCCCCCCC. The standard InChI is InChI=1S/C39H71NO6S/c1-3-5-7-9-11-13-15-17-18-19-20-21-22-24-25-27-29-31-33-37(41)36(35-47(44,45)46)40-39(43)38(42)34-32-30-28-26-23-16-14-12-10-8-6-4-2/h23-26,30-33,36-38,41-42H,3-22,27-29,34-35H2,1-2H3,(H,40,43)(H,44,45,46)/b25-24+,26-23-,32-30-,33-31+. The molecular formula is C39H71NO6S. The quantitative estimate of drug-likeness (QED) is 0.0311. The Morgan fingerprint density at radius 1 is 0.596 bits per heavy atom. The summed E-state index contributed by atoms with van der Waals surface area (Å²) in [7, 11) is -4.47. The van der Waals surface area contributed by atoms with Crippen molar-refractivity contribution in [2.75, 3.05) is 5.75 Å². The van der Waals surface area contributed by atoms with E-state index in [1.165, 1.54) is 122 Å². The van der Waals surface area contributed by atoms with Crippen molar-refractivity contribution in [2.45, 2.75) is 186 Å². The lowest BCUT2D eigenvalue weighted by atomic mass is 10.0. The van der Waals surface area contributed by atoms with Crippen LogP contribution in [0.5, 0.6) is 0 Å². The Labute approximate surface area is 289 Å². The number of hydrogen-bond acceptors (Lipinski definition) is 5. The Bertz CT molecular complexity index is 943. The molecule has 0 aliphatic carbocycles. The molecule has 0 heterocycles. The number of aliphatic hydroxyl groups excluding tert-OH is 2. The van der Waals surface area contributed by atoms with E-state index in [2.05, 4.69) is 43.5 Å². The van der Waals surface area contributed by atoms with E-state index in [9.17, 15) is 28.0 Å². The summed E-state index contributed by atoms with van der Waals surface area (Å²) >= 11 is 0. The Morgan fingerprint density at radius 3 is 1.53 bits per heavy atom. The zero-order chi connectivity index (χ0) is 34.9. The molecule has 4 N–H and O–H groups in total. The van der Waals surface area contributed by atoms with Gasteiger partial charge in [0.1, 0.15) is 6.10 Å². The molecule has 0 rings (SSSR count). The van der Waals surface area contributed by atoms with E-state index in [0.29, 0.717) is 12.8 Å². The van der Waals surface area contributed by atoms with Crippen LogP contribution in [0.25, 0.3) is 0 Å². The molecule has 1 amide bonds. The van der Waals surface area contributed by atoms with E-state index < -0.39 is 40.0 Å². The number of rotatable bonds is 33. The molecule has 3 atom stereocenters. The van der Waals surface area contributed by atoms with E-state index in [1.54, 1.807) is 12.2 Å². The van der Waals surface area contributed by atoms with Crippen LogP contribution in [0.4, 0.5) is 0 Å². The highest BCUT2D eigenvalue weighted by atomic mass is 32.2. The molecule has 0 fully saturated rings. The first-order valence-corrected chi connectivity index (χ1v) is 20.6. The summed E-state index contributed by atoms with van der Waals surface area (Å²) in [5, 5.41) is 23.2. The lowest BCUT2D eigenvalue weighted by Crippen LogP contribution is -2.50. The van der Waals surface area contributed by atoms with Crippen LogP contribution in [0, 0.1) is 0 Å². The molecule has 274 valence electrons. The summed E-state index contributed by atoms with van der Waals surface area (Å²) in [6.45, 7) is 4.47. The molecule has 0 aliphatic heterocycles. The molecule has 0 aliphatic rings. The third-order valence-corrected chi connectivity index (χ3v) is 9.13. The number of nitrogens with one attached hydrogen (secondary N) is 1. The van der Waals surface area contributed by atoms with Gasteiger partial charge in [-0.3, -0.25) is 9.35 Å². The summed E-state index contributed by atoms with van der Waals surface area (Å²) < 4.78 is 32.4. The van der Waals surface area contributed by atoms with Crippen LogP contribution in [0.3, 0.4) is 0 Å². The van der Waals surface area contributed by atoms with Gasteiger partial charge in [-0.2, -0.15) is 8.42 Å². The van der Waals surface area contributed by atoms with Crippen molar-refractivity contribution in [3.63, 3.8) is 0 Å². The largest absolute Gasteiger partial charge is 0.387 e. The highest BCUT2D eigenvalue weighted by Crippen LogP contribution is 2.13. The minimum atomic E-state index is -4.47. The van der Waals surface area contributed by atoms with Gasteiger partial charge in [-0.25, -0.2) is 0 Å². The molecule has 0 aromatic carbocycles. The van der Waals surface area contributed by atoms with Crippen LogP contribution in [-0.2, 0) is 14.9 Å². The van der Waals surface area contributed by atoms with Gasteiger partial charge in [0.25, 0.3) is 10.1 Å². The molecule has 0 aromatic heterocycles. The van der Waals surface area contributed by atoms with Crippen molar-refractivity contribution < 1.29 is 28.0 Å². The monoisotopic (exact) mass is 682 g/mol. The first kappa shape index (κ1) is 45.3. The zero-order valence-electron chi connectivity index (χ0n) is 30.0. The number of unbranched alkanes of at least 4 members (excludes halogenated alkanes) is 19. The molecule has 7 nitrogen and oxygen atoms in total. The van der Waals surface area contributed by atoms with E-state index in [0.717, 1.165) is 19.3 Å². The smallest absolute Gasteiger partial charge is 0.267 e. The van der Waals surface area contributed by atoms with Gasteiger partial charge < -0.3 is 15.5 Å². The molecule has 0 bridgehead atoms. The average molecular weight is 682 g/mol. The van der Waals surface area contributed by atoms with Crippen LogP contribution in [-0.4, -0.2) is 53.1 Å². The molecule has 0 spiro atoms.